The average molecular weight is 339 g/mol. The van der Waals surface area contributed by atoms with E-state index in [9.17, 15) is 9.18 Å². The molecule has 1 aromatic rings. The van der Waals surface area contributed by atoms with Crippen LogP contribution in [0.2, 0.25) is 0 Å². The second-order valence-electron chi connectivity index (χ2n) is 5.35. The summed E-state index contributed by atoms with van der Waals surface area (Å²) in [6.07, 6.45) is -0.571. The van der Waals surface area contributed by atoms with Crippen LogP contribution in [0.3, 0.4) is 0 Å². The molecule has 2 N–H and O–H groups in total. The summed E-state index contributed by atoms with van der Waals surface area (Å²) < 4.78 is 23.8. The van der Waals surface area contributed by atoms with E-state index >= 15 is 0 Å². The first-order valence-electron chi connectivity index (χ1n) is 7.81. The fourth-order valence-corrected chi connectivity index (χ4v) is 1.47. The maximum atomic E-state index is 13.6. The molecule has 0 saturated carbocycles. The van der Waals surface area contributed by atoms with Crippen molar-refractivity contribution in [3.8, 4) is 17.6 Å². The number of carbonyl (C=O) groups excluding carboxylic acids is 1. The Bertz CT molecular complexity index is 571. The first-order valence-corrected chi connectivity index (χ1v) is 7.81. The van der Waals surface area contributed by atoms with Crippen molar-refractivity contribution >= 4 is 6.09 Å². The fourth-order valence-electron chi connectivity index (χ4n) is 1.47. The van der Waals surface area contributed by atoms with E-state index in [2.05, 4.69) is 17.2 Å². The molecule has 0 unspecified atom stereocenters. The maximum absolute atomic E-state index is 13.6. The molecule has 1 aromatic carbocycles. The van der Waals surface area contributed by atoms with Crippen LogP contribution >= 0.6 is 0 Å². The molecule has 24 heavy (non-hydrogen) atoms. The molecule has 0 aliphatic rings. The predicted octanol–water partition coefficient (Wildman–Crippen LogP) is 3.10. The lowest BCUT2D eigenvalue weighted by molar-refractivity contribution is 0.0535. The number of hydrogen-bond acceptors (Lipinski definition) is 4. The quantitative estimate of drug-likeness (QED) is 0.827. The number of hydrogen-bond donors (Lipinski definition) is 2. The van der Waals surface area contributed by atoms with Gasteiger partial charge in [0.25, 0.3) is 0 Å². The van der Waals surface area contributed by atoms with E-state index < -0.39 is 17.5 Å². The number of halogens is 1. The molecule has 0 aliphatic heterocycles. The second kappa shape index (κ2) is 11.3. The van der Waals surface area contributed by atoms with Crippen LogP contribution in [0.5, 0.6) is 5.75 Å². The number of aliphatic hydroxyl groups excluding tert-OH is 1. The molecular formula is C18H26FNO4. The van der Waals surface area contributed by atoms with Crippen LogP contribution in [0.15, 0.2) is 18.2 Å². The minimum absolute atomic E-state index is 0.0127. The Balaban J connectivity index is 0.00000254. The summed E-state index contributed by atoms with van der Waals surface area (Å²) in [5.41, 5.74) is -0.231. The van der Waals surface area contributed by atoms with Crippen LogP contribution in [0.1, 0.15) is 40.2 Å². The highest BCUT2D eigenvalue weighted by Gasteiger charge is 2.15. The van der Waals surface area contributed by atoms with Gasteiger partial charge in [-0.15, -0.1) is 0 Å². The number of rotatable bonds is 4. The van der Waals surface area contributed by atoms with Gasteiger partial charge < -0.3 is 19.9 Å². The van der Waals surface area contributed by atoms with Crippen molar-refractivity contribution in [3.05, 3.63) is 29.6 Å². The van der Waals surface area contributed by atoms with Crippen molar-refractivity contribution in [3.63, 3.8) is 0 Å². The molecule has 0 atom stereocenters. The summed E-state index contributed by atoms with van der Waals surface area (Å²) in [6, 6.07) is 4.35. The van der Waals surface area contributed by atoms with Gasteiger partial charge in [-0.3, -0.25) is 0 Å². The van der Waals surface area contributed by atoms with Gasteiger partial charge in [0.05, 0.1) is 18.7 Å². The lowest BCUT2D eigenvalue weighted by Gasteiger charge is -2.19. The molecule has 0 bridgehead atoms. The summed E-state index contributed by atoms with van der Waals surface area (Å²) in [6.45, 7) is 9.10. The lowest BCUT2D eigenvalue weighted by atomic mass is 10.2. The monoisotopic (exact) mass is 339 g/mol. The number of benzene rings is 1. The van der Waals surface area contributed by atoms with Crippen LogP contribution in [-0.2, 0) is 4.74 Å². The van der Waals surface area contributed by atoms with Gasteiger partial charge in [0, 0.05) is 0 Å². The van der Waals surface area contributed by atoms with Crippen LogP contribution in [-0.4, -0.2) is 36.6 Å². The highest BCUT2D eigenvalue weighted by molar-refractivity contribution is 5.68. The molecule has 6 heteroatoms. The molecule has 0 saturated heterocycles. The molecule has 0 fully saturated rings. The Kier molecular flexibility index (Phi) is 10.2. The summed E-state index contributed by atoms with van der Waals surface area (Å²) in [5.74, 6) is 4.84. The molecule has 5 nitrogen and oxygen atoms in total. The molecule has 0 aromatic heterocycles. The first-order chi connectivity index (χ1) is 11.3. The zero-order chi connectivity index (χ0) is 18.6. The van der Waals surface area contributed by atoms with Crippen molar-refractivity contribution in [2.45, 2.75) is 40.2 Å². The normalized spacial score (nSPS) is 9.79. The van der Waals surface area contributed by atoms with Crippen LogP contribution in [0.25, 0.3) is 0 Å². The number of carbonyl (C=O) groups is 1. The summed E-state index contributed by atoms with van der Waals surface area (Å²) in [5, 5.41) is 11.2. The van der Waals surface area contributed by atoms with E-state index in [0.717, 1.165) is 0 Å². The Labute approximate surface area is 143 Å². The third-order valence-electron chi connectivity index (χ3n) is 2.25. The standard InChI is InChI=1S/C16H20FNO4.C2H6/c1-16(2,3)22-15(20)18-9-5-7-12-6-4-8-13(17)14(12)21-11-10-19;1-2/h4,6,8,19H,9-11H2,1-3H3,(H,18,20);1-2H3. The minimum Gasteiger partial charge on any atom is -0.487 e. The van der Waals surface area contributed by atoms with Gasteiger partial charge in [0.2, 0.25) is 0 Å². The maximum Gasteiger partial charge on any atom is 0.408 e. The highest BCUT2D eigenvalue weighted by Crippen LogP contribution is 2.21. The van der Waals surface area contributed by atoms with Crippen LogP contribution < -0.4 is 10.1 Å². The largest absolute Gasteiger partial charge is 0.487 e. The van der Waals surface area contributed by atoms with E-state index in [-0.39, 0.29) is 25.5 Å². The number of amides is 1. The molecular weight excluding hydrogens is 313 g/mol. The smallest absolute Gasteiger partial charge is 0.408 e. The van der Waals surface area contributed by atoms with E-state index in [1.54, 1.807) is 26.8 Å². The first kappa shape index (κ1) is 21.7. The van der Waals surface area contributed by atoms with Crippen LogP contribution in [0, 0.1) is 17.7 Å². The molecule has 0 spiro atoms. The molecule has 134 valence electrons. The van der Waals surface area contributed by atoms with E-state index in [0.29, 0.717) is 5.56 Å². The molecule has 1 rings (SSSR count). The number of nitrogens with one attached hydrogen (secondary N) is 1. The Morgan fingerprint density at radius 3 is 2.58 bits per heavy atom. The Morgan fingerprint density at radius 2 is 2.00 bits per heavy atom. The lowest BCUT2D eigenvalue weighted by Crippen LogP contribution is -2.32. The number of alkyl carbamates (subject to hydrolysis) is 1. The van der Waals surface area contributed by atoms with Crippen molar-refractivity contribution in [1.82, 2.24) is 5.32 Å². The van der Waals surface area contributed by atoms with E-state index in [4.69, 9.17) is 14.6 Å². The zero-order valence-electron chi connectivity index (χ0n) is 14.9. The molecule has 0 heterocycles. The predicted molar refractivity (Wildman–Crippen MR) is 91.4 cm³/mol. The third-order valence-corrected chi connectivity index (χ3v) is 2.25. The van der Waals surface area contributed by atoms with Gasteiger partial charge in [-0.1, -0.05) is 31.8 Å². The summed E-state index contributed by atoms with van der Waals surface area (Å²) >= 11 is 0. The van der Waals surface area contributed by atoms with Gasteiger partial charge in [0.15, 0.2) is 11.6 Å². The van der Waals surface area contributed by atoms with E-state index in [1.165, 1.54) is 12.1 Å². The van der Waals surface area contributed by atoms with Crippen LogP contribution in [0.4, 0.5) is 9.18 Å². The van der Waals surface area contributed by atoms with Gasteiger partial charge >= 0.3 is 6.09 Å². The molecule has 1 amide bonds. The topological polar surface area (TPSA) is 67.8 Å². The summed E-state index contributed by atoms with van der Waals surface area (Å²) in [4.78, 5) is 11.4. The highest BCUT2D eigenvalue weighted by atomic mass is 19.1. The van der Waals surface area contributed by atoms with Crippen molar-refractivity contribution in [2.24, 2.45) is 0 Å². The van der Waals surface area contributed by atoms with Gasteiger partial charge in [-0.2, -0.15) is 0 Å². The average Bonchev–Trinajstić information content (AvgIpc) is 2.51. The Morgan fingerprint density at radius 1 is 1.33 bits per heavy atom. The van der Waals surface area contributed by atoms with Gasteiger partial charge in [0.1, 0.15) is 12.2 Å². The van der Waals surface area contributed by atoms with Crippen molar-refractivity contribution < 1.29 is 23.8 Å². The van der Waals surface area contributed by atoms with Crippen molar-refractivity contribution in [2.75, 3.05) is 19.8 Å². The number of aliphatic hydroxyl groups is 1. The van der Waals surface area contributed by atoms with E-state index in [1.807, 2.05) is 13.8 Å². The third kappa shape index (κ3) is 9.01. The molecule has 0 radical (unpaired) electrons. The zero-order valence-corrected chi connectivity index (χ0v) is 14.9. The number of ether oxygens (including phenoxy) is 2. The van der Waals surface area contributed by atoms with Gasteiger partial charge in [-0.25, -0.2) is 9.18 Å². The molecule has 0 aliphatic carbocycles. The Hall–Kier alpha value is -2.26. The minimum atomic E-state index is -0.578. The van der Waals surface area contributed by atoms with Gasteiger partial charge in [-0.05, 0) is 32.9 Å². The second-order valence-corrected chi connectivity index (χ2v) is 5.35. The SMILES string of the molecule is CC.CC(C)(C)OC(=O)NCC#Cc1cccc(F)c1OCCO. The summed E-state index contributed by atoms with van der Waals surface area (Å²) in [7, 11) is 0. The van der Waals surface area contributed by atoms with Crippen molar-refractivity contribution in [1.29, 1.82) is 0 Å². The fraction of sp³-hybridized carbons (Fsp3) is 0.500. The number of para-hydroxylation sites is 1.